The molecule has 1 aromatic heterocycles. The summed E-state index contributed by atoms with van der Waals surface area (Å²) in [6.07, 6.45) is 2.44. The zero-order valence-electron chi connectivity index (χ0n) is 8.98. The van der Waals surface area contributed by atoms with Crippen LogP contribution in [0.2, 0.25) is 5.15 Å². The molecule has 4 nitrogen and oxygen atoms in total. The first kappa shape index (κ1) is 11.1. The van der Waals surface area contributed by atoms with Crippen LogP contribution in [-0.4, -0.2) is 46.9 Å². The SMILES string of the molecule is CN1CCCC(N(C)c2nsnc2Cl)C1. The van der Waals surface area contributed by atoms with E-state index in [1.807, 2.05) is 7.05 Å². The Bertz CT molecular complexity index is 330. The Balaban J connectivity index is 2.07. The van der Waals surface area contributed by atoms with Crippen LogP contribution >= 0.6 is 23.3 Å². The van der Waals surface area contributed by atoms with Crippen LogP contribution in [0.3, 0.4) is 0 Å². The summed E-state index contributed by atoms with van der Waals surface area (Å²) >= 11 is 7.14. The fourth-order valence-corrected chi connectivity index (χ4v) is 2.82. The van der Waals surface area contributed by atoms with Crippen molar-refractivity contribution in [3.63, 3.8) is 0 Å². The highest BCUT2D eigenvalue weighted by atomic mass is 35.5. The van der Waals surface area contributed by atoms with E-state index in [9.17, 15) is 0 Å². The molecule has 0 bridgehead atoms. The Morgan fingerprint density at radius 3 is 2.93 bits per heavy atom. The lowest BCUT2D eigenvalue weighted by molar-refractivity contribution is 0.247. The van der Waals surface area contributed by atoms with Gasteiger partial charge in [-0.05, 0) is 26.4 Å². The summed E-state index contributed by atoms with van der Waals surface area (Å²) < 4.78 is 8.21. The lowest BCUT2D eigenvalue weighted by Gasteiger charge is -2.35. The van der Waals surface area contributed by atoms with Crippen LogP contribution in [-0.2, 0) is 0 Å². The maximum atomic E-state index is 5.97. The number of likely N-dealkylation sites (tertiary alicyclic amines) is 1. The molecular formula is C9H15ClN4S. The lowest BCUT2D eigenvalue weighted by Crippen LogP contribution is -2.45. The van der Waals surface area contributed by atoms with Crippen molar-refractivity contribution in [2.24, 2.45) is 0 Å². The van der Waals surface area contributed by atoms with Gasteiger partial charge in [0.05, 0.1) is 11.7 Å². The average molecular weight is 247 g/mol. The van der Waals surface area contributed by atoms with Crippen molar-refractivity contribution in [2.45, 2.75) is 18.9 Å². The highest BCUT2D eigenvalue weighted by Gasteiger charge is 2.24. The van der Waals surface area contributed by atoms with Crippen LogP contribution in [0.15, 0.2) is 0 Å². The van der Waals surface area contributed by atoms with E-state index in [2.05, 4.69) is 25.6 Å². The van der Waals surface area contributed by atoms with E-state index in [4.69, 9.17) is 11.6 Å². The number of hydrogen-bond donors (Lipinski definition) is 0. The fraction of sp³-hybridized carbons (Fsp3) is 0.778. The minimum atomic E-state index is 0.505. The first-order chi connectivity index (χ1) is 7.18. The predicted molar refractivity (Wildman–Crippen MR) is 63.8 cm³/mol. The van der Waals surface area contributed by atoms with Crippen molar-refractivity contribution >= 4 is 29.1 Å². The molecule has 84 valence electrons. The Kier molecular flexibility index (Phi) is 3.43. The van der Waals surface area contributed by atoms with Crippen molar-refractivity contribution in [2.75, 3.05) is 32.1 Å². The summed E-state index contributed by atoms with van der Waals surface area (Å²) in [7, 11) is 4.20. The van der Waals surface area contributed by atoms with Gasteiger partial charge in [-0.25, -0.2) is 0 Å². The molecular weight excluding hydrogens is 232 g/mol. The smallest absolute Gasteiger partial charge is 0.187 e. The summed E-state index contributed by atoms with van der Waals surface area (Å²) in [5, 5.41) is 0.524. The molecule has 0 aromatic carbocycles. The Hall–Kier alpha value is -0.390. The van der Waals surface area contributed by atoms with Crippen LogP contribution in [0.25, 0.3) is 0 Å². The van der Waals surface area contributed by atoms with Crippen molar-refractivity contribution < 1.29 is 0 Å². The molecule has 1 aromatic rings. The van der Waals surface area contributed by atoms with Gasteiger partial charge in [-0.15, -0.1) is 0 Å². The molecule has 0 N–H and O–H groups in total. The molecule has 1 aliphatic rings. The molecule has 1 saturated heterocycles. The van der Waals surface area contributed by atoms with Gasteiger partial charge >= 0.3 is 0 Å². The predicted octanol–water partition coefficient (Wildman–Crippen LogP) is 1.72. The lowest BCUT2D eigenvalue weighted by atomic mass is 10.1. The highest BCUT2D eigenvalue weighted by Crippen LogP contribution is 2.26. The second kappa shape index (κ2) is 4.63. The van der Waals surface area contributed by atoms with Crippen molar-refractivity contribution in [1.82, 2.24) is 13.6 Å². The molecule has 6 heteroatoms. The number of hydrogen-bond acceptors (Lipinski definition) is 5. The highest BCUT2D eigenvalue weighted by molar-refractivity contribution is 6.99. The average Bonchev–Trinajstić information content (AvgIpc) is 2.63. The molecule has 15 heavy (non-hydrogen) atoms. The summed E-state index contributed by atoms with van der Waals surface area (Å²) in [5.41, 5.74) is 0. The molecule has 0 amide bonds. The van der Waals surface area contributed by atoms with E-state index in [0.717, 1.165) is 12.4 Å². The van der Waals surface area contributed by atoms with Gasteiger partial charge in [-0.2, -0.15) is 8.75 Å². The summed E-state index contributed by atoms with van der Waals surface area (Å²) in [6.45, 7) is 2.26. The van der Waals surface area contributed by atoms with Crippen LogP contribution in [0.1, 0.15) is 12.8 Å². The van der Waals surface area contributed by atoms with Crippen LogP contribution in [0, 0.1) is 0 Å². The van der Waals surface area contributed by atoms with Gasteiger partial charge < -0.3 is 9.80 Å². The minimum Gasteiger partial charge on any atom is -0.352 e. The molecule has 1 fully saturated rings. The minimum absolute atomic E-state index is 0.505. The molecule has 0 aliphatic carbocycles. The Morgan fingerprint density at radius 1 is 1.53 bits per heavy atom. The largest absolute Gasteiger partial charge is 0.352 e. The number of anilines is 1. The first-order valence-corrected chi connectivity index (χ1v) is 6.18. The number of likely N-dealkylation sites (N-methyl/N-ethyl adjacent to an activating group) is 2. The second-order valence-corrected chi connectivity index (χ2v) is 4.93. The number of aromatic nitrogens is 2. The number of halogens is 1. The third kappa shape index (κ3) is 2.41. The molecule has 1 unspecified atom stereocenters. The third-order valence-electron chi connectivity index (χ3n) is 2.91. The topological polar surface area (TPSA) is 32.3 Å². The maximum absolute atomic E-state index is 5.97. The molecule has 0 saturated carbocycles. The van der Waals surface area contributed by atoms with E-state index in [1.165, 1.54) is 31.1 Å². The van der Waals surface area contributed by atoms with E-state index in [-0.39, 0.29) is 0 Å². The van der Waals surface area contributed by atoms with Gasteiger partial charge in [-0.1, -0.05) is 11.6 Å². The molecule has 2 heterocycles. The van der Waals surface area contributed by atoms with Gasteiger partial charge in [0.15, 0.2) is 11.0 Å². The van der Waals surface area contributed by atoms with E-state index in [1.54, 1.807) is 0 Å². The van der Waals surface area contributed by atoms with Gasteiger partial charge in [-0.3, -0.25) is 0 Å². The zero-order chi connectivity index (χ0) is 10.8. The number of nitrogens with zero attached hydrogens (tertiary/aromatic N) is 4. The van der Waals surface area contributed by atoms with Gasteiger partial charge in [0.2, 0.25) is 0 Å². The Labute approximate surface area is 99.2 Å². The van der Waals surface area contributed by atoms with Gasteiger partial charge in [0, 0.05) is 19.6 Å². The number of rotatable bonds is 2. The van der Waals surface area contributed by atoms with Crippen molar-refractivity contribution in [3.8, 4) is 0 Å². The van der Waals surface area contributed by atoms with Crippen LogP contribution in [0.4, 0.5) is 5.82 Å². The third-order valence-corrected chi connectivity index (χ3v) is 3.79. The molecule has 0 spiro atoms. The normalized spacial score (nSPS) is 23.0. The summed E-state index contributed by atoms with van der Waals surface area (Å²) in [5.74, 6) is 0.821. The number of piperidine rings is 1. The second-order valence-electron chi connectivity index (χ2n) is 4.05. The van der Waals surface area contributed by atoms with Crippen LogP contribution < -0.4 is 4.90 Å². The zero-order valence-corrected chi connectivity index (χ0v) is 10.6. The fourth-order valence-electron chi connectivity index (χ4n) is 2.01. The van der Waals surface area contributed by atoms with E-state index >= 15 is 0 Å². The molecule has 0 radical (unpaired) electrons. The molecule has 2 rings (SSSR count). The standard InChI is InChI=1S/C9H15ClN4S/c1-13-5-3-4-7(6-13)14(2)9-8(10)11-15-12-9/h7H,3-6H2,1-2H3. The molecule has 1 aliphatic heterocycles. The van der Waals surface area contributed by atoms with Crippen molar-refractivity contribution in [1.29, 1.82) is 0 Å². The van der Waals surface area contributed by atoms with E-state index < -0.39 is 0 Å². The molecule has 1 atom stereocenters. The van der Waals surface area contributed by atoms with Crippen molar-refractivity contribution in [3.05, 3.63) is 5.15 Å². The van der Waals surface area contributed by atoms with Gasteiger partial charge in [0.1, 0.15) is 0 Å². The summed E-state index contributed by atoms with van der Waals surface area (Å²) in [4.78, 5) is 4.50. The Morgan fingerprint density at radius 2 is 2.33 bits per heavy atom. The van der Waals surface area contributed by atoms with Gasteiger partial charge in [0.25, 0.3) is 0 Å². The summed E-state index contributed by atoms with van der Waals surface area (Å²) in [6, 6.07) is 0.505. The van der Waals surface area contributed by atoms with E-state index in [0.29, 0.717) is 11.2 Å². The monoisotopic (exact) mass is 246 g/mol. The van der Waals surface area contributed by atoms with Crippen LogP contribution in [0.5, 0.6) is 0 Å². The quantitative estimate of drug-likeness (QED) is 0.796. The first-order valence-electron chi connectivity index (χ1n) is 5.08. The maximum Gasteiger partial charge on any atom is 0.187 e.